The van der Waals surface area contributed by atoms with Crippen molar-refractivity contribution in [1.29, 1.82) is 0 Å². The fraction of sp³-hybridized carbons (Fsp3) is 0.250. The molecule has 0 bridgehead atoms. The SMILES string of the molecule is COC[C@@H](NC(=O)Cc1cc(-c2ccc(S(C)(=O)=O)cc2)n(-c2ccccc2)c1C)C(=O)O. The Hall–Kier alpha value is -3.43. The standard InChI is InChI=1S/C24H26N2O6S/c1-16-18(14-23(27)25-21(15-32-2)24(28)29)13-22(26(16)19-7-5-4-6-8-19)17-9-11-20(12-10-17)33(3,30)31/h4-13,21H,14-15H2,1-3H3,(H,25,27)(H,28,29)/t21-/m1/s1. The first-order valence-electron chi connectivity index (χ1n) is 10.2. The Kier molecular flexibility index (Phi) is 7.35. The van der Waals surface area contributed by atoms with E-state index in [1.165, 1.54) is 7.11 Å². The predicted molar refractivity (Wildman–Crippen MR) is 124 cm³/mol. The molecule has 2 aromatic carbocycles. The van der Waals surface area contributed by atoms with Gasteiger partial charge in [-0.1, -0.05) is 30.3 Å². The number of para-hydroxylation sites is 1. The van der Waals surface area contributed by atoms with Gasteiger partial charge in [-0.15, -0.1) is 0 Å². The number of hydrogen-bond acceptors (Lipinski definition) is 5. The molecule has 0 saturated heterocycles. The van der Waals surface area contributed by atoms with E-state index in [1.54, 1.807) is 24.3 Å². The van der Waals surface area contributed by atoms with Gasteiger partial charge in [0.2, 0.25) is 5.91 Å². The Morgan fingerprint density at radius 1 is 1.09 bits per heavy atom. The summed E-state index contributed by atoms with van der Waals surface area (Å²) in [6, 6.07) is 16.9. The van der Waals surface area contributed by atoms with E-state index in [0.29, 0.717) is 0 Å². The number of rotatable bonds is 9. The lowest BCUT2D eigenvalue weighted by Gasteiger charge is -2.14. The van der Waals surface area contributed by atoms with Crippen LogP contribution in [-0.4, -0.2) is 56.0 Å². The van der Waals surface area contributed by atoms with Crippen LogP contribution in [0.4, 0.5) is 0 Å². The molecule has 1 heterocycles. The van der Waals surface area contributed by atoms with Crippen molar-refractivity contribution < 1.29 is 27.9 Å². The van der Waals surface area contributed by atoms with Gasteiger partial charge in [-0.05, 0) is 48.4 Å². The second kappa shape index (κ2) is 10.0. The van der Waals surface area contributed by atoms with Crippen molar-refractivity contribution >= 4 is 21.7 Å². The molecule has 3 aromatic rings. The first-order valence-corrected chi connectivity index (χ1v) is 12.1. The number of sulfone groups is 1. The maximum absolute atomic E-state index is 12.6. The number of carbonyl (C=O) groups excluding carboxylic acids is 1. The van der Waals surface area contributed by atoms with Gasteiger partial charge in [0.1, 0.15) is 0 Å². The van der Waals surface area contributed by atoms with Crippen molar-refractivity contribution in [3.63, 3.8) is 0 Å². The van der Waals surface area contributed by atoms with Crippen molar-refractivity contribution in [1.82, 2.24) is 9.88 Å². The van der Waals surface area contributed by atoms with E-state index in [0.717, 1.165) is 34.5 Å². The van der Waals surface area contributed by atoms with Gasteiger partial charge >= 0.3 is 5.97 Å². The quantitative estimate of drug-likeness (QED) is 0.497. The van der Waals surface area contributed by atoms with Gasteiger partial charge < -0.3 is 19.7 Å². The minimum atomic E-state index is -3.32. The van der Waals surface area contributed by atoms with Gasteiger partial charge in [-0.25, -0.2) is 13.2 Å². The number of methoxy groups -OCH3 is 1. The highest BCUT2D eigenvalue weighted by Crippen LogP contribution is 2.30. The minimum Gasteiger partial charge on any atom is -0.480 e. The van der Waals surface area contributed by atoms with E-state index in [4.69, 9.17) is 4.74 Å². The highest BCUT2D eigenvalue weighted by Gasteiger charge is 2.22. The molecule has 0 saturated carbocycles. The van der Waals surface area contributed by atoms with Crippen LogP contribution in [-0.2, 0) is 30.6 Å². The lowest BCUT2D eigenvalue weighted by atomic mass is 10.1. The molecule has 0 unspecified atom stereocenters. The monoisotopic (exact) mass is 470 g/mol. The van der Waals surface area contributed by atoms with E-state index < -0.39 is 27.8 Å². The summed E-state index contributed by atoms with van der Waals surface area (Å²) in [7, 11) is -1.96. The summed E-state index contributed by atoms with van der Waals surface area (Å²) in [6.45, 7) is 1.75. The Morgan fingerprint density at radius 2 is 1.73 bits per heavy atom. The molecule has 1 amide bonds. The predicted octanol–water partition coefficient (Wildman–Crippen LogP) is 2.61. The largest absolute Gasteiger partial charge is 0.480 e. The number of nitrogens with zero attached hydrogens (tertiary/aromatic N) is 1. The number of amides is 1. The van der Waals surface area contributed by atoms with Crippen LogP contribution in [0.1, 0.15) is 11.3 Å². The van der Waals surface area contributed by atoms with Gasteiger partial charge in [-0.2, -0.15) is 0 Å². The smallest absolute Gasteiger partial charge is 0.328 e. The first-order chi connectivity index (χ1) is 15.6. The Bertz CT molecular complexity index is 1250. The minimum absolute atomic E-state index is 0.0203. The summed E-state index contributed by atoms with van der Waals surface area (Å²) in [5.74, 6) is -1.61. The zero-order chi connectivity index (χ0) is 24.2. The molecule has 0 spiro atoms. The number of benzene rings is 2. The third kappa shape index (κ3) is 5.68. The summed E-state index contributed by atoms with van der Waals surface area (Å²) in [4.78, 5) is 24.1. The van der Waals surface area contributed by atoms with E-state index >= 15 is 0 Å². The van der Waals surface area contributed by atoms with Gasteiger partial charge in [0.15, 0.2) is 15.9 Å². The molecule has 0 aliphatic rings. The molecule has 8 nitrogen and oxygen atoms in total. The number of hydrogen-bond donors (Lipinski definition) is 2. The number of carboxylic acid groups (broad SMARTS) is 1. The van der Waals surface area contributed by atoms with Crippen LogP contribution in [0.2, 0.25) is 0 Å². The van der Waals surface area contributed by atoms with Crippen LogP contribution in [0, 0.1) is 6.92 Å². The molecule has 33 heavy (non-hydrogen) atoms. The van der Waals surface area contributed by atoms with Crippen molar-refractivity contribution in [2.75, 3.05) is 20.0 Å². The zero-order valence-electron chi connectivity index (χ0n) is 18.6. The third-order valence-electron chi connectivity index (χ3n) is 5.26. The lowest BCUT2D eigenvalue weighted by molar-refractivity contribution is -0.143. The van der Waals surface area contributed by atoms with Crippen LogP contribution in [0.15, 0.2) is 65.6 Å². The highest BCUT2D eigenvalue weighted by atomic mass is 32.2. The van der Waals surface area contributed by atoms with Crippen LogP contribution >= 0.6 is 0 Å². The molecular formula is C24H26N2O6S. The van der Waals surface area contributed by atoms with Crippen LogP contribution < -0.4 is 5.32 Å². The summed E-state index contributed by atoms with van der Waals surface area (Å²) in [5.41, 5.74) is 3.99. The van der Waals surface area contributed by atoms with E-state index in [1.807, 2.05) is 47.9 Å². The van der Waals surface area contributed by atoms with Gasteiger partial charge in [0.05, 0.1) is 23.6 Å². The Labute approximate surface area is 192 Å². The molecule has 0 aliphatic heterocycles. The maximum Gasteiger partial charge on any atom is 0.328 e. The number of nitrogens with one attached hydrogen (secondary N) is 1. The van der Waals surface area contributed by atoms with Crippen LogP contribution in [0.5, 0.6) is 0 Å². The summed E-state index contributed by atoms with van der Waals surface area (Å²) >= 11 is 0. The fourth-order valence-electron chi connectivity index (χ4n) is 3.59. The average molecular weight is 471 g/mol. The van der Waals surface area contributed by atoms with Crippen molar-refractivity contribution in [3.8, 4) is 16.9 Å². The molecular weight excluding hydrogens is 444 g/mol. The molecule has 1 aromatic heterocycles. The molecule has 0 fully saturated rings. The third-order valence-corrected chi connectivity index (χ3v) is 6.39. The van der Waals surface area contributed by atoms with Gasteiger partial charge in [0, 0.05) is 24.7 Å². The van der Waals surface area contributed by atoms with Gasteiger partial charge in [0.25, 0.3) is 0 Å². The first kappa shape index (κ1) is 24.2. The molecule has 1 atom stereocenters. The maximum atomic E-state index is 12.6. The molecule has 174 valence electrons. The highest BCUT2D eigenvalue weighted by molar-refractivity contribution is 7.90. The average Bonchev–Trinajstić information content (AvgIpc) is 3.09. The molecule has 0 radical (unpaired) electrons. The second-order valence-electron chi connectivity index (χ2n) is 7.70. The number of aliphatic carboxylic acids is 1. The summed E-state index contributed by atoms with van der Waals surface area (Å²) < 4.78 is 30.5. The van der Waals surface area contributed by atoms with E-state index in [-0.39, 0.29) is 17.9 Å². The molecule has 3 rings (SSSR count). The van der Waals surface area contributed by atoms with Crippen molar-refractivity contribution in [2.24, 2.45) is 0 Å². The zero-order valence-corrected chi connectivity index (χ0v) is 19.4. The summed E-state index contributed by atoms with van der Waals surface area (Å²) in [6.07, 6.45) is 1.14. The Balaban J connectivity index is 2.01. The second-order valence-corrected chi connectivity index (χ2v) is 9.71. The van der Waals surface area contributed by atoms with Crippen LogP contribution in [0.3, 0.4) is 0 Å². The lowest BCUT2D eigenvalue weighted by Crippen LogP contribution is -2.44. The molecule has 0 aliphatic carbocycles. The van der Waals surface area contributed by atoms with E-state index in [9.17, 15) is 23.1 Å². The van der Waals surface area contributed by atoms with Crippen molar-refractivity contribution in [3.05, 3.63) is 71.9 Å². The summed E-state index contributed by atoms with van der Waals surface area (Å²) in [5, 5.41) is 11.7. The van der Waals surface area contributed by atoms with Crippen LogP contribution in [0.25, 0.3) is 16.9 Å². The Morgan fingerprint density at radius 3 is 2.27 bits per heavy atom. The number of carbonyl (C=O) groups is 2. The fourth-order valence-corrected chi connectivity index (χ4v) is 4.22. The van der Waals surface area contributed by atoms with Gasteiger partial charge in [-0.3, -0.25) is 4.79 Å². The number of aromatic nitrogens is 1. The molecule has 2 N–H and O–H groups in total. The van der Waals surface area contributed by atoms with E-state index in [2.05, 4.69) is 5.32 Å². The topological polar surface area (TPSA) is 115 Å². The van der Waals surface area contributed by atoms with Crippen molar-refractivity contribution in [2.45, 2.75) is 24.3 Å². The number of carboxylic acids is 1. The number of ether oxygens (including phenoxy) is 1. The normalized spacial score (nSPS) is 12.3. The molecule has 9 heteroatoms.